The molecule has 0 bridgehead atoms. The number of nitrogens with zero attached hydrogens (tertiary/aromatic N) is 3. The van der Waals surface area contributed by atoms with Crippen molar-refractivity contribution in [3.8, 4) is 11.8 Å². The molecule has 1 heterocycles. The van der Waals surface area contributed by atoms with E-state index in [1.165, 1.54) is 4.31 Å². The number of rotatable bonds is 8. The molecular weight excluding hydrogens is 502 g/mol. The average molecular weight is 540 g/mol. The van der Waals surface area contributed by atoms with E-state index in [1.807, 2.05) is 39.8 Å². The van der Waals surface area contributed by atoms with Crippen molar-refractivity contribution in [3.63, 3.8) is 0 Å². The number of anilines is 1. The number of benzene rings is 2. The lowest BCUT2D eigenvalue weighted by atomic mass is 10.1. The van der Waals surface area contributed by atoms with Crippen LogP contribution in [0.15, 0.2) is 54.1 Å². The molecule has 9 heteroatoms. The zero-order valence-electron chi connectivity index (χ0n) is 22.8. The van der Waals surface area contributed by atoms with Crippen LogP contribution in [0.2, 0.25) is 0 Å². The van der Waals surface area contributed by atoms with Crippen LogP contribution >= 0.6 is 0 Å². The van der Waals surface area contributed by atoms with Gasteiger partial charge in [0.2, 0.25) is 10.0 Å². The summed E-state index contributed by atoms with van der Waals surface area (Å²) in [7, 11) is -3.53. The van der Waals surface area contributed by atoms with Crippen LogP contribution in [-0.2, 0) is 14.8 Å². The predicted molar refractivity (Wildman–Crippen MR) is 150 cm³/mol. The van der Waals surface area contributed by atoms with Gasteiger partial charge < -0.3 is 14.4 Å². The highest BCUT2D eigenvalue weighted by Crippen LogP contribution is 2.26. The second-order valence-corrected chi connectivity index (χ2v) is 12.6. The Labute approximate surface area is 226 Å². The Kier molecular flexibility index (Phi) is 9.45. The first-order valence-corrected chi connectivity index (χ1v) is 14.4. The van der Waals surface area contributed by atoms with Crippen LogP contribution in [0, 0.1) is 11.3 Å². The molecule has 1 fully saturated rings. The molecule has 204 valence electrons. The van der Waals surface area contributed by atoms with Crippen LogP contribution in [0.1, 0.15) is 58.6 Å². The van der Waals surface area contributed by atoms with E-state index in [9.17, 15) is 13.2 Å². The molecule has 8 nitrogen and oxygen atoms in total. The number of piperidine rings is 1. The highest BCUT2D eigenvalue weighted by molar-refractivity contribution is 7.92. The Morgan fingerprint density at radius 3 is 2.39 bits per heavy atom. The molecule has 3 rings (SSSR count). The number of sulfonamides is 1. The van der Waals surface area contributed by atoms with Gasteiger partial charge in [-0.1, -0.05) is 23.8 Å². The lowest BCUT2D eigenvalue weighted by Crippen LogP contribution is -2.44. The van der Waals surface area contributed by atoms with Gasteiger partial charge in [0.1, 0.15) is 17.5 Å². The highest BCUT2D eigenvalue weighted by atomic mass is 32.2. The number of ether oxygens (including phenoxy) is 2. The van der Waals surface area contributed by atoms with E-state index in [2.05, 4.69) is 6.07 Å². The Morgan fingerprint density at radius 2 is 1.82 bits per heavy atom. The van der Waals surface area contributed by atoms with Crippen molar-refractivity contribution in [1.82, 2.24) is 4.90 Å². The maximum absolute atomic E-state index is 12.9. The van der Waals surface area contributed by atoms with Gasteiger partial charge in [0.05, 0.1) is 29.6 Å². The molecule has 0 aliphatic carbocycles. The third-order valence-electron chi connectivity index (χ3n) is 6.04. The Morgan fingerprint density at radius 1 is 1.16 bits per heavy atom. The second kappa shape index (κ2) is 12.4. The summed E-state index contributed by atoms with van der Waals surface area (Å²) in [4.78, 5) is 14.0. The summed E-state index contributed by atoms with van der Waals surface area (Å²) in [6.07, 6.45) is 2.92. The highest BCUT2D eigenvalue weighted by Gasteiger charge is 2.28. The largest absolute Gasteiger partial charge is 0.490 e. The van der Waals surface area contributed by atoms with Gasteiger partial charge in [-0.3, -0.25) is 4.31 Å². The van der Waals surface area contributed by atoms with E-state index in [1.54, 1.807) is 54.3 Å². The maximum atomic E-state index is 12.9. The maximum Gasteiger partial charge on any atom is 0.410 e. The second-order valence-electron chi connectivity index (χ2n) is 10.4. The lowest BCUT2D eigenvalue weighted by Gasteiger charge is -2.33. The third kappa shape index (κ3) is 8.25. The van der Waals surface area contributed by atoms with Crippen molar-refractivity contribution >= 4 is 27.9 Å². The van der Waals surface area contributed by atoms with Crippen molar-refractivity contribution in [1.29, 1.82) is 5.26 Å². The van der Waals surface area contributed by atoms with E-state index in [4.69, 9.17) is 14.7 Å². The summed E-state index contributed by atoms with van der Waals surface area (Å²) in [5.41, 5.74) is 2.27. The van der Waals surface area contributed by atoms with Crippen LogP contribution in [-0.4, -0.2) is 56.5 Å². The quantitative estimate of drug-likeness (QED) is 0.433. The van der Waals surface area contributed by atoms with Crippen molar-refractivity contribution in [2.75, 3.05) is 29.7 Å². The average Bonchev–Trinajstić information content (AvgIpc) is 2.87. The van der Waals surface area contributed by atoms with E-state index in [-0.39, 0.29) is 24.5 Å². The van der Waals surface area contributed by atoms with Crippen molar-refractivity contribution in [2.24, 2.45) is 0 Å². The van der Waals surface area contributed by atoms with Gasteiger partial charge in [-0.15, -0.1) is 0 Å². The molecule has 1 amide bonds. The summed E-state index contributed by atoms with van der Waals surface area (Å²) < 4.78 is 38.9. The van der Waals surface area contributed by atoms with E-state index in [0.717, 1.165) is 11.1 Å². The predicted octanol–water partition coefficient (Wildman–Crippen LogP) is 5.60. The first-order chi connectivity index (χ1) is 17.9. The van der Waals surface area contributed by atoms with Crippen LogP contribution in [0.5, 0.6) is 5.75 Å². The summed E-state index contributed by atoms with van der Waals surface area (Å²) >= 11 is 0. The number of nitriles is 1. The Hall–Kier alpha value is -3.51. The summed E-state index contributed by atoms with van der Waals surface area (Å²) in [5, 5.41) is 9.14. The molecule has 0 radical (unpaired) electrons. The molecule has 0 saturated carbocycles. The number of likely N-dealkylation sites (tertiary alicyclic amines) is 1. The van der Waals surface area contributed by atoms with Gasteiger partial charge in [-0.05, 0) is 76.6 Å². The fourth-order valence-corrected chi connectivity index (χ4v) is 5.28. The molecule has 1 saturated heterocycles. The van der Waals surface area contributed by atoms with Crippen molar-refractivity contribution in [2.45, 2.75) is 59.2 Å². The number of hydrogen-bond acceptors (Lipinski definition) is 6. The molecule has 38 heavy (non-hydrogen) atoms. The Bertz CT molecular complexity index is 1280. The van der Waals surface area contributed by atoms with E-state index in [0.29, 0.717) is 42.9 Å². The first kappa shape index (κ1) is 29.1. The van der Waals surface area contributed by atoms with Crippen LogP contribution in [0.4, 0.5) is 10.5 Å². The van der Waals surface area contributed by atoms with Crippen molar-refractivity contribution in [3.05, 3.63) is 65.2 Å². The summed E-state index contributed by atoms with van der Waals surface area (Å²) in [6.45, 7) is 10.4. The fourth-order valence-electron chi connectivity index (χ4n) is 4.13. The number of carbonyl (C=O) groups is 1. The van der Waals surface area contributed by atoms with E-state index < -0.39 is 15.6 Å². The minimum absolute atomic E-state index is 0.0291. The number of amides is 1. The molecule has 0 N–H and O–H groups in total. The van der Waals surface area contributed by atoms with Gasteiger partial charge in [0, 0.05) is 25.9 Å². The SMILES string of the molecule is CCS(=O)(=O)N(C/C(C)=C/c1cccc(C#N)c1)c1ccc(OC2CCN(C(=O)OC(C)(C)C)CC2)cc1. The van der Waals surface area contributed by atoms with Gasteiger partial charge in [0.15, 0.2) is 0 Å². The third-order valence-corrected chi connectivity index (χ3v) is 7.78. The zero-order chi connectivity index (χ0) is 27.9. The molecular formula is C29H37N3O5S. The molecule has 0 aromatic heterocycles. The molecule has 1 aliphatic heterocycles. The monoisotopic (exact) mass is 539 g/mol. The number of carbonyl (C=O) groups excluding carboxylic acids is 1. The molecule has 2 aromatic rings. The minimum atomic E-state index is -3.53. The standard InChI is InChI=1S/C29H37N3O5S/c1-6-38(34,35)32(21-22(2)18-23-8-7-9-24(19-23)20-30)25-10-12-26(13-11-25)36-27-14-16-31(17-15-27)28(33)37-29(3,4)5/h7-13,18-19,27H,6,14-17,21H2,1-5H3/b22-18+. The van der Waals surface area contributed by atoms with Gasteiger partial charge in [-0.2, -0.15) is 5.26 Å². The summed E-state index contributed by atoms with van der Waals surface area (Å²) in [6, 6.07) is 16.4. The van der Waals surface area contributed by atoms with Crippen molar-refractivity contribution < 1.29 is 22.7 Å². The van der Waals surface area contributed by atoms with Crippen LogP contribution in [0.25, 0.3) is 6.08 Å². The Balaban J connectivity index is 1.66. The van der Waals surface area contributed by atoms with Gasteiger partial charge in [0.25, 0.3) is 0 Å². The molecule has 2 aromatic carbocycles. The number of hydrogen-bond donors (Lipinski definition) is 0. The molecule has 1 aliphatic rings. The van der Waals surface area contributed by atoms with E-state index >= 15 is 0 Å². The molecule has 0 atom stereocenters. The fraction of sp³-hybridized carbons (Fsp3) is 0.448. The van der Waals surface area contributed by atoms with Crippen LogP contribution in [0.3, 0.4) is 0 Å². The van der Waals surface area contributed by atoms with Gasteiger partial charge >= 0.3 is 6.09 Å². The molecule has 0 spiro atoms. The van der Waals surface area contributed by atoms with Crippen LogP contribution < -0.4 is 9.04 Å². The zero-order valence-corrected chi connectivity index (χ0v) is 23.6. The van der Waals surface area contributed by atoms with Gasteiger partial charge in [-0.25, -0.2) is 13.2 Å². The smallest absolute Gasteiger partial charge is 0.410 e. The minimum Gasteiger partial charge on any atom is -0.490 e. The lowest BCUT2D eigenvalue weighted by molar-refractivity contribution is 0.0126. The summed E-state index contributed by atoms with van der Waals surface area (Å²) in [5.74, 6) is 0.623. The normalized spacial score (nSPS) is 15.1. The molecule has 0 unspecified atom stereocenters. The first-order valence-electron chi connectivity index (χ1n) is 12.8. The topological polar surface area (TPSA) is 99.9 Å².